The van der Waals surface area contributed by atoms with Crippen LogP contribution in [0.15, 0.2) is 48.5 Å². The fourth-order valence-electron chi connectivity index (χ4n) is 11.5. The molecule has 0 saturated carbocycles. The number of hydrogen-bond donors (Lipinski definition) is 4. The van der Waals surface area contributed by atoms with Crippen LogP contribution in [0.3, 0.4) is 0 Å². The Morgan fingerprint density at radius 2 is 0.427 bits per heavy atom. The van der Waals surface area contributed by atoms with Crippen molar-refractivity contribution in [2.75, 3.05) is 26.4 Å². The average Bonchev–Trinajstić information content (AvgIpc) is 1.56. The van der Waals surface area contributed by atoms with E-state index in [2.05, 4.69) is 0 Å². The van der Waals surface area contributed by atoms with Crippen LogP contribution >= 0.6 is 47.0 Å². The van der Waals surface area contributed by atoms with E-state index in [1.54, 1.807) is 0 Å². The lowest BCUT2D eigenvalue weighted by molar-refractivity contribution is -0.169. The van der Waals surface area contributed by atoms with E-state index in [9.17, 15) is 39.6 Å². The van der Waals surface area contributed by atoms with Crippen molar-refractivity contribution >= 4 is 70.9 Å². The van der Waals surface area contributed by atoms with E-state index in [1.807, 2.05) is 215 Å². The molecule has 8 atom stereocenters. The second-order valence-electron chi connectivity index (χ2n) is 33.7. The van der Waals surface area contributed by atoms with Crippen LogP contribution in [-0.2, 0) is 81.4 Å². The van der Waals surface area contributed by atoms with Gasteiger partial charge < -0.3 is 39.4 Å². The lowest BCUT2D eigenvalue weighted by atomic mass is 9.78. The number of phenolic OH excluding ortho intramolecular Hbond substituents is 4. The Labute approximate surface area is 547 Å². The fourth-order valence-corrected chi connectivity index (χ4v) is 15.4. The first-order valence-corrected chi connectivity index (χ1v) is 35.0. The van der Waals surface area contributed by atoms with Crippen LogP contribution in [0.5, 0.6) is 23.0 Å². The zero-order valence-electron chi connectivity index (χ0n) is 57.3. The van der Waals surface area contributed by atoms with E-state index in [-0.39, 0.29) is 44.0 Å². The van der Waals surface area contributed by atoms with Crippen molar-refractivity contribution in [3.63, 3.8) is 0 Å². The summed E-state index contributed by atoms with van der Waals surface area (Å²) in [5.74, 6) is -1.25. The van der Waals surface area contributed by atoms with Crippen LogP contribution in [0.2, 0.25) is 0 Å². The number of ether oxygens (including phenoxy) is 4. The number of phenols is 4. The molecule has 16 heteroatoms. The van der Waals surface area contributed by atoms with Crippen molar-refractivity contribution in [3.8, 4) is 23.0 Å². The Bertz CT molecular complexity index is 2820. The number of aromatic hydroxyl groups is 4. The maximum absolute atomic E-state index is 14.6. The number of thioether (sulfide) groups is 4. The molecule has 12 nitrogen and oxygen atoms in total. The molecule has 4 aromatic carbocycles. The molecule has 0 aliphatic carbocycles. The number of hydrogen-bond acceptors (Lipinski definition) is 16. The van der Waals surface area contributed by atoms with Crippen LogP contribution in [-0.4, -0.2) is 91.7 Å². The summed E-state index contributed by atoms with van der Waals surface area (Å²) in [4.78, 5) is 58.5. The van der Waals surface area contributed by atoms with Gasteiger partial charge in [-0.15, -0.1) is 47.0 Å². The monoisotopic (exact) mass is 1300 g/mol. The lowest BCUT2D eigenvalue weighted by Crippen LogP contribution is -2.45. The maximum Gasteiger partial charge on any atom is 0.320 e. The molecule has 4 fully saturated rings. The molecular weight excluding hydrogens is 1200 g/mol. The van der Waals surface area contributed by atoms with E-state index < -0.39 is 120 Å². The zero-order chi connectivity index (χ0) is 66.8. The Balaban J connectivity index is 1.13. The topological polar surface area (TPSA) is 186 Å². The van der Waals surface area contributed by atoms with Gasteiger partial charge in [0.25, 0.3) is 0 Å². The summed E-state index contributed by atoms with van der Waals surface area (Å²) in [7, 11) is 0. The highest BCUT2D eigenvalue weighted by Gasteiger charge is 2.54. The van der Waals surface area contributed by atoms with Crippen molar-refractivity contribution in [2.45, 2.75) is 251 Å². The van der Waals surface area contributed by atoms with Crippen molar-refractivity contribution in [1.29, 1.82) is 0 Å². The van der Waals surface area contributed by atoms with Gasteiger partial charge in [0.1, 0.15) is 75.8 Å². The van der Waals surface area contributed by atoms with Gasteiger partial charge >= 0.3 is 23.9 Å². The molecular formula is C73H100O12S4. The van der Waals surface area contributed by atoms with Crippen molar-refractivity contribution < 1.29 is 58.6 Å². The minimum atomic E-state index is -1.60. The van der Waals surface area contributed by atoms with Crippen LogP contribution in [0.1, 0.15) is 254 Å². The Hall–Kier alpha value is -4.64. The first kappa shape index (κ1) is 70.2. The van der Waals surface area contributed by atoms with Crippen LogP contribution in [0.4, 0.5) is 0 Å². The number of rotatable bonds is 16. The number of carbonyl (C=O) groups is 4. The highest BCUT2D eigenvalue weighted by atomic mass is 32.2. The van der Waals surface area contributed by atoms with E-state index in [4.69, 9.17) is 18.9 Å². The first-order chi connectivity index (χ1) is 40.4. The highest BCUT2D eigenvalue weighted by molar-refractivity contribution is 8.08. The molecule has 0 bridgehead atoms. The third-order valence-corrected chi connectivity index (χ3v) is 22.4. The third-order valence-electron chi connectivity index (χ3n) is 17.3. The van der Waals surface area contributed by atoms with Gasteiger partial charge in [0.2, 0.25) is 0 Å². The molecule has 4 N–H and O–H groups in total. The quantitative estimate of drug-likeness (QED) is 0.0471. The van der Waals surface area contributed by atoms with Crippen molar-refractivity contribution in [2.24, 2.45) is 5.41 Å². The highest BCUT2D eigenvalue weighted by Crippen LogP contribution is 2.61. The third kappa shape index (κ3) is 15.7. The molecule has 0 radical (unpaired) electrons. The molecule has 4 aliphatic heterocycles. The second kappa shape index (κ2) is 24.0. The van der Waals surface area contributed by atoms with E-state index in [0.717, 1.165) is 66.8 Å². The summed E-state index contributed by atoms with van der Waals surface area (Å²) < 4.78 is 25.3. The predicted octanol–water partition coefficient (Wildman–Crippen LogP) is 16.8. The van der Waals surface area contributed by atoms with Gasteiger partial charge in [-0.25, -0.2) is 0 Å². The number of benzene rings is 4. The van der Waals surface area contributed by atoms with Gasteiger partial charge in [0.15, 0.2) is 0 Å². The Morgan fingerprint density at radius 1 is 0.292 bits per heavy atom. The summed E-state index contributed by atoms with van der Waals surface area (Å²) >= 11 is 5.71. The molecule has 8 unspecified atom stereocenters. The number of carbonyl (C=O) groups excluding carboxylic acids is 4. The SMILES string of the molecule is CC(C)(C)c1cc(C2SC2C(=O)OCC(COC(=O)C2SC2c2cc(C(C)(C)C)c(O)c(C(C)(C)C)c2)(COC(=O)C2SC2c2cc(C(C)(C)C)c(O)c(C(C)(C)C)c2)COC(=O)C2SC2c2cc(C(C)(C)C)c(O)c(C(C)(C)C)c2)cc(C(C)(C)C)c1O. The minimum absolute atomic E-state index is 0.233. The standard InChI is InChI=1S/C73H100O12S4/c1-65(2,3)41-25-37(26-42(49(41)74)66(4,5)6)53-57(86-53)61(78)82-33-73(34-83-62(79)58-54(87-58)38-27-43(67(7,8)9)50(75)44(28-38)68(10,11)12,35-84-63(80)59-55(88-59)39-29-45(69(13,14)15)51(76)46(30-39)70(16,17)18)36-85-64(81)60-56(89-60)40-31-47(71(19,20)21)52(77)48(32-40)72(22,23)24/h25-32,53-60,74-77H,33-36H2,1-24H3. The lowest BCUT2D eigenvalue weighted by Gasteiger charge is -2.31. The van der Waals surface area contributed by atoms with E-state index in [0.29, 0.717) is 0 Å². The Morgan fingerprint density at radius 3 is 0.551 bits per heavy atom. The maximum atomic E-state index is 14.6. The normalized spacial score (nSPS) is 22.8. The largest absolute Gasteiger partial charge is 0.507 e. The van der Waals surface area contributed by atoms with Crippen LogP contribution in [0.25, 0.3) is 0 Å². The molecule has 0 amide bonds. The van der Waals surface area contributed by atoms with Crippen LogP contribution < -0.4 is 0 Å². The summed E-state index contributed by atoms with van der Waals surface area (Å²) in [6.07, 6.45) is 0. The molecule has 4 heterocycles. The second-order valence-corrected chi connectivity index (χ2v) is 38.9. The fraction of sp³-hybridized carbons (Fsp3) is 0.616. The van der Waals surface area contributed by atoms with E-state index >= 15 is 0 Å². The molecule has 4 aromatic rings. The van der Waals surface area contributed by atoms with Gasteiger partial charge in [-0.05, 0) is 110 Å². The van der Waals surface area contributed by atoms with Crippen molar-refractivity contribution in [3.05, 3.63) is 115 Å². The molecule has 4 aliphatic rings. The number of esters is 4. The van der Waals surface area contributed by atoms with Gasteiger partial charge in [-0.3, -0.25) is 19.2 Å². The predicted molar refractivity (Wildman–Crippen MR) is 365 cm³/mol. The van der Waals surface area contributed by atoms with Gasteiger partial charge in [0, 0.05) is 0 Å². The minimum Gasteiger partial charge on any atom is -0.507 e. The molecule has 4 saturated heterocycles. The molecule has 89 heavy (non-hydrogen) atoms. The van der Waals surface area contributed by atoms with Gasteiger partial charge in [-0.1, -0.05) is 215 Å². The van der Waals surface area contributed by atoms with Crippen molar-refractivity contribution in [1.82, 2.24) is 0 Å². The zero-order valence-corrected chi connectivity index (χ0v) is 60.5. The smallest absolute Gasteiger partial charge is 0.320 e. The summed E-state index contributed by atoms with van der Waals surface area (Å²) in [5, 5.41) is 42.6. The summed E-state index contributed by atoms with van der Waals surface area (Å²) in [5.41, 5.74) is 4.83. The van der Waals surface area contributed by atoms with Gasteiger partial charge in [-0.2, -0.15) is 0 Å². The molecule has 8 rings (SSSR count). The van der Waals surface area contributed by atoms with Gasteiger partial charge in [0.05, 0.1) is 21.0 Å². The molecule has 488 valence electrons. The first-order valence-electron chi connectivity index (χ1n) is 31.2. The van der Waals surface area contributed by atoms with Crippen LogP contribution in [0, 0.1) is 5.41 Å². The molecule has 0 aromatic heterocycles. The molecule has 0 spiro atoms. The Kier molecular flexibility index (Phi) is 19.0. The summed E-state index contributed by atoms with van der Waals surface area (Å²) in [6, 6.07) is 15.8. The summed E-state index contributed by atoms with van der Waals surface area (Å²) in [6.45, 7) is 47.2. The van der Waals surface area contributed by atoms with E-state index in [1.165, 1.54) is 47.0 Å². The average molecular weight is 1300 g/mol.